The zero-order valence-electron chi connectivity index (χ0n) is 16.4. The molecule has 0 aliphatic heterocycles. The fourth-order valence-electron chi connectivity index (χ4n) is 3.07. The van der Waals surface area contributed by atoms with Crippen LogP contribution in [0.1, 0.15) is 37.9 Å². The van der Waals surface area contributed by atoms with Gasteiger partial charge in [0.2, 0.25) is 5.91 Å². The number of hydrogen-bond acceptors (Lipinski definition) is 4. The van der Waals surface area contributed by atoms with E-state index in [1.807, 2.05) is 45.0 Å². The minimum atomic E-state index is -0.146. The lowest BCUT2D eigenvalue weighted by Gasteiger charge is -2.15. The van der Waals surface area contributed by atoms with E-state index in [-0.39, 0.29) is 24.0 Å². The second kappa shape index (κ2) is 8.69. The number of carbonyl (C=O) groups is 1. The van der Waals surface area contributed by atoms with Crippen molar-refractivity contribution in [3.63, 3.8) is 0 Å². The lowest BCUT2D eigenvalue weighted by Crippen LogP contribution is -2.21. The Balaban J connectivity index is 1.76. The van der Waals surface area contributed by atoms with Gasteiger partial charge in [0.15, 0.2) is 0 Å². The summed E-state index contributed by atoms with van der Waals surface area (Å²) in [5, 5.41) is 2.96. The Bertz CT molecular complexity index is 1040. The van der Waals surface area contributed by atoms with Gasteiger partial charge in [0, 0.05) is 29.9 Å². The van der Waals surface area contributed by atoms with E-state index in [0.29, 0.717) is 22.8 Å². The predicted molar refractivity (Wildman–Crippen MR) is 110 cm³/mol. The number of carbonyl (C=O) groups excluding carboxylic acids is 1. The van der Waals surface area contributed by atoms with Crippen molar-refractivity contribution in [1.29, 1.82) is 0 Å². The molecular weight excluding hydrogens is 354 g/mol. The Kier molecular flexibility index (Phi) is 6.09. The predicted octanol–water partition coefficient (Wildman–Crippen LogP) is 3.96. The lowest BCUT2D eigenvalue weighted by molar-refractivity contribution is -0.120. The van der Waals surface area contributed by atoms with Gasteiger partial charge < -0.3 is 10.1 Å². The third kappa shape index (κ3) is 4.39. The number of rotatable bonds is 7. The molecule has 0 unspecified atom stereocenters. The summed E-state index contributed by atoms with van der Waals surface area (Å²) in [6.07, 6.45) is 3.30. The number of pyridine rings is 1. The maximum absolute atomic E-state index is 12.3. The Hall–Kier alpha value is -3.15. The summed E-state index contributed by atoms with van der Waals surface area (Å²) in [5.74, 6) is 0.668. The van der Waals surface area contributed by atoms with Crippen molar-refractivity contribution in [1.82, 2.24) is 9.38 Å². The summed E-state index contributed by atoms with van der Waals surface area (Å²) in [6, 6.07) is 12.5. The first-order chi connectivity index (χ1) is 13.5. The van der Waals surface area contributed by atoms with E-state index >= 15 is 0 Å². The standard InChI is InChI=1S/C22H25N3O3/c1-4-16(5-2)22(27)24-17-10-9-15(3)19(12-17)28-14-18-13-21(26)25-11-7-6-8-20(25)23-18/h6-13,16H,4-5,14H2,1-3H3,(H,24,27). The van der Waals surface area contributed by atoms with Gasteiger partial charge >= 0.3 is 0 Å². The molecule has 0 bridgehead atoms. The molecule has 6 heteroatoms. The van der Waals surface area contributed by atoms with Gasteiger partial charge in [0.05, 0.1) is 5.69 Å². The summed E-state index contributed by atoms with van der Waals surface area (Å²) in [4.78, 5) is 29.0. The van der Waals surface area contributed by atoms with Crippen molar-refractivity contribution >= 4 is 17.2 Å². The molecule has 0 spiro atoms. The molecular formula is C22H25N3O3. The molecule has 3 rings (SSSR count). The van der Waals surface area contributed by atoms with Crippen LogP contribution in [0.15, 0.2) is 53.5 Å². The number of fused-ring (bicyclic) bond motifs is 1. The molecule has 146 valence electrons. The second-order valence-corrected chi connectivity index (χ2v) is 6.79. The van der Waals surface area contributed by atoms with Crippen LogP contribution in [0.5, 0.6) is 5.75 Å². The van der Waals surface area contributed by atoms with Gasteiger partial charge in [-0.3, -0.25) is 14.0 Å². The minimum Gasteiger partial charge on any atom is -0.487 e. The Morgan fingerprint density at radius 1 is 1.18 bits per heavy atom. The maximum atomic E-state index is 12.3. The average molecular weight is 379 g/mol. The number of hydrogen-bond donors (Lipinski definition) is 1. The molecule has 0 fully saturated rings. The molecule has 0 radical (unpaired) electrons. The highest BCUT2D eigenvalue weighted by Crippen LogP contribution is 2.24. The summed E-state index contributed by atoms with van der Waals surface area (Å²) in [5.41, 5.74) is 2.63. The van der Waals surface area contributed by atoms with Gasteiger partial charge in [0.1, 0.15) is 18.0 Å². The van der Waals surface area contributed by atoms with Crippen LogP contribution in [0.2, 0.25) is 0 Å². The number of nitrogens with one attached hydrogen (secondary N) is 1. The summed E-state index contributed by atoms with van der Waals surface area (Å²) < 4.78 is 7.39. The summed E-state index contributed by atoms with van der Waals surface area (Å²) in [6.45, 7) is 6.13. The van der Waals surface area contributed by atoms with Crippen LogP contribution in [0.3, 0.4) is 0 Å². The highest BCUT2D eigenvalue weighted by Gasteiger charge is 2.15. The van der Waals surface area contributed by atoms with Crippen LogP contribution < -0.4 is 15.6 Å². The number of aryl methyl sites for hydroxylation is 1. The van der Waals surface area contributed by atoms with Gasteiger partial charge in [-0.15, -0.1) is 0 Å². The molecule has 3 aromatic rings. The van der Waals surface area contributed by atoms with Crippen molar-refractivity contribution in [3.8, 4) is 5.75 Å². The largest absolute Gasteiger partial charge is 0.487 e. The second-order valence-electron chi connectivity index (χ2n) is 6.79. The van der Waals surface area contributed by atoms with Crippen LogP contribution in [0.25, 0.3) is 5.65 Å². The van der Waals surface area contributed by atoms with E-state index in [1.54, 1.807) is 18.3 Å². The Labute approximate surface area is 164 Å². The summed E-state index contributed by atoms with van der Waals surface area (Å²) in [7, 11) is 0. The molecule has 0 aliphatic carbocycles. The van der Waals surface area contributed by atoms with Gasteiger partial charge in [-0.25, -0.2) is 4.98 Å². The minimum absolute atomic E-state index is 0.000413. The third-order valence-corrected chi connectivity index (χ3v) is 4.81. The fourth-order valence-corrected chi connectivity index (χ4v) is 3.07. The molecule has 1 N–H and O–H groups in total. The van der Waals surface area contributed by atoms with Gasteiger partial charge in [-0.1, -0.05) is 26.0 Å². The third-order valence-electron chi connectivity index (χ3n) is 4.81. The monoisotopic (exact) mass is 379 g/mol. The number of anilines is 1. The number of amides is 1. The Morgan fingerprint density at radius 2 is 1.96 bits per heavy atom. The van der Waals surface area contributed by atoms with Gasteiger partial charge in [-0.2, -0.15) is 0 Å². The van der Waals surface area contributed by atoms with Crippen molar-refractivity contribution in [2.75, 3.05) is 5.32 Å². The molecule has 2 aromatic heterocycles. The molecule has 1 amide bonds. The Morgan fingerprint density at radius 3 is 2.71 bits per heavy atom. The van der Waals surface area contributed by atoms with Crippen LogP contribution in [-0.2, 0) is 11.4 Å². The number of aromatic nitrogens is 2. The maximum Gasteiger partial charge on any atom is 0.258 e. The normalized spacial score (nSPS) is 11.0. The summed E-state index contributed by atoms with van der Waals surface area (Å²) >= 11 is 0. The quantitative estimate of drug-likeness (QED) is 0.674. The van der Waals surface area contributed by atoms with Crippen molar-refractivity contribution in [2.24, 2.45) is 5.92 Å². The molecule has 0 aliphatic rings. The van der Waals surface area contributed by atoms with Crippen LogP contribution in [0, 0.1) is 12.8 Å². The zero-order chi connectivity index (χ0) is 20.1. The first-order valence-corrected chi connectivity index (χ1v) is 9.53. The van der Waals surface area contributed by atoms with E-state index in [9.17, 15) is 9.59 Å². The van der Waals surface area contributed by atoms with Crippen LogP contribution in [0.4, 0.5) is 5.69 Å². The van der Waals surface area contributed by atoms with Gasteiger partial charge in [0.25, 0.3) is 5.56 Å². The zero-order valence-corrected chi connectivity index (χ0v) is 16.4. The first-order valence-electron chi connectivity index (χ1n) is 9.53. The van der Waals surface area contributed by atoms with Crippen molar-refractivity contribution < 1.29 is 9.53 Å². The van der Waals surface area contributed by atoms with Crippen LogP contribution in [-0.4, -0.2) is 15.3 Å². The smallest absolute Gasteiger partial charge is 0.258 e. The SMILES string of the molecule is CCC(CC)C(=O)Nc1ccc(C)c(OCc2cc(=O)n3ccccc3n2)c1. The van der Waals surface area contributed by atoms with E-state index in [4.69, 9.17) is 4.74 Å². The van der Waals surface area contributed by atoms with E-state index < -0.39 is 0 Å². The molecule has 1 aromatic carbocycles. The first kappa shape index (κ1) is 19.6. The number of benzene rings is 1. The molecule has 0 saturated carbocycles. The molecule has 0 saturated heterocycles. The number of ether oxygens (including phenoxy) is 1. The van der Waals surface area contributed by atoms with E-state index in [0.717, 1.165) is 18.4 Å². The highest BCUT2D eigenvalue weighted by molar-refractivity contribution is 5.92. The lowest BCUT2D eigenvalue weighted by atomic mass is 10.0. The van der Waals surface area contributed by atoms with Crippen molar-refractivity contribution in [2.45, 2.75) is 40.2 Å². The molecule has 28 heavy (non-hydrogen) atoms. The average Bonchev–Trinajstić information content (AvgIpc) is 2.69. The van der Waals surface area contributed by atoms with Crippen LogP contribution >= 0.6 is 0 Å². The van der Waals surface area contributed by atoms with E-state index in [2.05, 4.69) is 10.3 Å². The van der Waals surface area contributed by atoms with E-state index in [1.165, 1.54) is 10.5 Å². The van der Waals surface area contributed by atoms with Crippen molar-refractivity contribution in [3.05, 3.63) is 70.3 Å². The topological polar surface area (TPSA) is 72.7 Å². The molecule has 6 nitrogen and oxygen atoms in total. The van der Waals surface area contributed by atoms with Gasteiger partial charge in [-0.05, 0) is 43.5 Å². The molecule has 2 heterocycles. The number of nitrogens with zero attached hydrogens (tertiary/aromatic N) is 2. The molecule has 0 atom stereocenters. The fraction of sp³-hybridized carbons (Fsp3) is 0.318. The highest BCUT2D eigenvalue weighted by atomic mass is 16.5.